The van der Waals surface area contributed by atoms with E-state index in [0.29, 0.717) is 35.4 Å². The molecule has 8 nitrogen and oxygen atoms in total. The molecule has 0 saturated heterocycles. The maximum atomic E-state index is 14.0. The number of benzene rings is 3. The summed E-state index contributed by atoms with van der Waals surface area (Å²) in [4.78, 5) is 18.9. The minimum Gasteiger partial charge on any atom is -0.292 e. The van der Waals surface area contributed by atoms with Crippen molar-refractivity contribution in [2.24, 2.45) is 0 Å². The number of nitriles is 1. The summed E-state index contributed by atoms with van der Waals surface area (Å²) < 4.78 is 3.58. The number of aryl methyl sites for hydroxylation is 2. The highest BCUT2D eigenvalue weighted by atomic mass is 16.1. The lowest BCUT2D eigenvalue weighted by Gasteiger charge is -2.15. The predicted octanol–water partition coefficient (Wildman–Crippen LogP) is 6.34. The van der Waals surface area contributed by atoms with Gasteiger partial charge < -0.3 is 0 Å². The third-order valence-corrected chi connectivity index (χ3v) is 7.26. The number of nitrogens with zero attached hydrogens (tertiary/aromatic N) is 7. The molecule has 5 aromatic rings. The molecule has 5 rings (SSSR count). The maximum absolute atomic E-state index is 14.0. The second-order valence-electron chi connectivity index (χ2n) is 10.1. The van der Waals surface area contributed by atoms with Crippen LogP contribution < -0.4 is 5.56 Å². The molecule has 0 amide bonds. The maximum Gasteiger partial charge on any atom is 0.261 e. The van der Waals surface area contributed by atoms with Crippen molar-refractivity contribution in [2.45, 2.75) is 58.5 Å². The van der Waals surface area contributed by atoms with Gasteiger partial charge in [0.2, 0.25) is 0 Å². The first-order valence-corrected chi connectivity index (χ1v) is 14.1. The van der Waals surface area contributed by atoms with Gasteiger partial charge in [0.1, 0.15) is 5.82 Å². The Morgan fingerprint density at radius 3 is 2.59 bits per heavy atom. The Balaban J connectivity index is 1.49. The first-order chi connectivity index (χ1) is 20.1. The second kappa shape index (κ2) is 13.0. The van der Waals surface area contributed by atoms with Crippen molar-refractivity contribution >= 4 is 10.9 Å². The lowest BCUT2D eigenvalue weighted by molar-refractivity contribution is 0.548. The van der Waals surface area contributed by atoms with Gasteiger partial charge in [0, 0.05) is 18.5 Å². The lowest BCUT2D eigenvalue weighted by atomic mass is 9.99. The van der Waals surface area contributed by atoms with Crippen LogP contribution in [-0.4, -0.2) is 29.8 Å². The van der Waals surface area contributed by atoms with E-state index >= 15 is 0 Å². The monoisotopic (exact) mass is 543 g/mol. The molecular weight excluding hydrogens is 510 g/mol. The number of unbranched alkanes of at least 4 members (excludes halogenated alkanes) is 3. The Morgan fingerprint density at radius 1 is 1.00 bits per heavy atom. The number of rotatable bonds is 12. The Kier molecular flexibility index (Phi) is 8.75. The molecular formula is C33H33N7O. The Morgan fingerprint density at radius 2 is 1.80 bits per heavy atom. The van der Waals surface area contributed by atoms with Gasteiger partial charge in [-0.05, 0) is 77.1 Å². The molecule has 0 aliphatic heterocycles. The minimum absolute atomic E-state index is 0.0770. The van der Waals surface area contributed by atoms with Gasteiger partial charge in [0.15, 0.2) is 5.82 Å². The molecule has 0 bridgehead atoms. The molecule has 0 N–H and O–H groups in total. The van der Waals surface area contributed by atoms with E-state index in [0.717, 1.165) is 66.6 Å². The number of aromatic nitrogens is 6. The van der Waals surface area contributed by atoms with Crippen molar-refractivity contribution in [1.29, 1.82) is 5.26 Å². The SMILES string of the molecule is C=CCCCCn1nnnc1-c1ccc2nc(CCCC)n(Cc3ccc(-c4ccccc4C#N)cc3)c(=O)c2c1. The van der Waals surface area contributed by atoms with Crippen molar-refractivity contribution < 1.29 is 0 Å². The summed E-state index contributed by atoms with van der Waals surface area (Å²) in [7, 11) is 0. The van der Waals surface area contributed by atoms with Gasteiger partial charge in [-0.2, -0.15) is 5.26 Å². The van der Waals surface area contributed by atoms with Crippen LogP contribution in [0.3, 0.4) is 0 Å². The van der Waals surface area contributed by atoms with Crippen LogP contribution >= 0.6 is 0 Å². The average molecular weight is 544 g/mol. The zero-order valence-corrected chi connectivity index (χ0v) is 23.3. The van der Waals surface area contributed by atoms with E-state index in [1.54, 1.807) is 9.25 Å². The molecule has 0 spiro atoms. The van der Waals surface area contributed by atoms with Crippen LogP contribution in [0.25, 0.3) is 33.4 Å². The van der Waals surface area contributed by atoms with E-state index < -0.39 is 0 Å². The molecule has 2 aromatic heterocycles. The summed E-state index contributed by atoms with van der Waals surface area (Å²) in [6.07, 6.45) is 7.50. The van der Waals surface area contributed by atoms with Crippen LogP contribution in [0.4, 0.5) is 0 Å². The van der Waals surface area contributed by atoms with E-state index in [1.165, 1.54) is 0 Å². The Labute approximate surface area is 239 Å². The van der Waals surface area contributed by atoms with Crippen molar-refractivity contribution in [3.8, 4) is 28.6 Å². The number of tetrazole rings is 1. The smallest absolute Gasteiger partial charge is 0.261 e. The fourth-order valence-electron chi connectivity index (χ4n) is 5.01. The van der Waals surface area contributed by atoms with Gasteiger partial charge in [0.05, 0.1) is 29.1 Å². The number of hydrogen-bond donors (Lipinski definition) is 0. The molecule has 0 aliphatic rings. The Hall–Kier alpha value is -4.90. The fourth-order valence-corrected chi connectivity index (χ4v) is 5.01. The third-order valence-electron chi connectivity index (χ3n) is 7.26. The molecule has 206 valence electrons. The van der Waals surface area contributed by atoms with E-state index in [-0.39, 0.29) is 5.56 Å². The molecule has 8 heteroatoms. The number of fused-ring (bicyclic) bond motifs is 1. The van der Waals surface area contributed by atoms with E-state index in [2.05, 4.69) is 35.1 Å². The largest absolute Gasteiger partial charge is 0.292 e. The van der Waals surface area contributed by atoms with Gasteiger partial charge in [-0.25, -0.2) is 9.67 Å². The zero-order chi connectivity index (χ0) is 28.6. The van der Waals surface area contributed by atoms with Crippen molar-refractivity contribution in [1.82, 2.24) is 29.8 Å². The van der Waals surface area contributed by atoms with E-state index in [1.807, 2.05) is 72.8 Å². The lowest BCUT2D eigenvalue weighted by Crippen LogP contribution is -2.26. The van der Waals surface area contributed by atoms with Gasteiger partial charge in [0.25, 0.3) is 5.56 Å². The van der Waals surface area contributed by atoms with E-state index in [4.69, 9.17) is 4.98 Å². The highest BCUT2D eigenvalue weighted by Crippen LogP contribution is 2.25. The van der Waals surface area contributed by atoms with Gasteiger partial charge >= 0.3 is 0 Å². The highest BCUT2D eigenvalue weighted by Gasteiger charge is 2.15. The van der Waals surface area contributed by atoms with Crippen LogP contribution in [0, 0.1) is 11.3 Å². The summed E-state index contributed by atoms with van der Waals surface area (Å²) in [5.41, 5.74) is 4.87. The molecule has 0 atom stereocenters. The summed E-state index contributed by atoms with van der Waals surface area (Å²) in [5.74, 6) is 1.42. The molecule has 41 heavy (non-hydrogen) atoms. The number of allylic oxidation sites excluding steroid dienone is 1. The fraction of sp³-hybridized carbons (Fsp3) is 0.273. The standard InChI is InChI=1S/C33H33N7O/c1-3-5-7-10-20-40-32(36-37-38-40)26-18-19-30-29(21-26)33(41)39(31(35-30)13-6-4-2)23-24-14-16-25(17-15-24)28-12-9-8-11-27(28)22-34/h3,8-9,11-12,14-19,21H,1,4-7,10,13,20,23H2,2H3. The summed E-state index contributed by atoms with van der Waals surface area (Å²) >= 11 is 0. The van der Waals surface area contributed by atoms with Gasteiger partial charge in [-0.3, -0.25) is 9.36 Å². The topological polar surface area (TPSA) is 102 Å². The van der Waals surface area contributed by atoms with E-state index in [9.17, 15) is 10.1 Å². The van der Waals surface area contributed by atoms with Crippen LogP contribution in [0.2, 0.25) is 0 Å². The van der Waals surface area contributed by atoms with Crippen LogP contribution in [0.5, 0.6) is 0 Å². The summed E-state index contributed by atoms with van der Waals surface area (Å²) in [6, 6.07) is 23.5. The normalized spacial score (nSPS) is 11.0. The summed E-state index contributed by atoms with van der Waals surface area (Å²) in [5, 5.41) is 22.3. The molecule has 0 radical (unpaired) electrons. The quantitative estimate of drug-likeness (QED) is 0.134. The molecule has 0 aliphatic carbocycles. The molecule has 3 aromatic carbocycles. The summed E-state index contributed by atoms with van der Waals surface area (Å²) in [6.45, 7) is 7.02. The zero-order valence-electron chi connectivity index (χ0n) is 23.3. The highest BCUT2D eigenvalue weighted by molar-refractivity contribution is 5.82. The van der Waals surface area contributed by atoms with Gasteiger partial charge in [-0.1, -0.05) is 61.9 Å². The van der Waals surface area contributed by atoms with Crippen molar-refractivity contribution in [3.05, 3.63) is 107 Å². The van der Waals surface area contributed by atoms with Crippen LogP contribution in [0.1, 0.15) is 56.0 Å². The molecule has 2 heterocycles. The van der Waals surface area contributed by atoms with Crippen molar-refractivity contribution in [2.75, 3.05) is 0 Å². The number of hydrogen-bond acceptors (Lipinski definition) is 6. The average Bonchev–Trinajstić information content (AvgIpc) is 3.48. The van der Waals surface area contributed by atoms with Crippen molar-refractivity contribution in [3.63, 3.8) is 0 Å². The minimum atomic E-state index is -0.0770. The Bertz CT molecular complexity index is 1760. The molecule has 0 saturated carbocycles. The third kappa shape index (κ3) is 6.15. The second-order valence-corrected chi connectivity index (χ2v) is 10.1. The van der Waals surface area contributed by atoms with Crippen LogP contribution in [0.15, 0.2) is 84.2 Å². The first-order valence-electron chi connectivity index (χ1n) is 14.1. The molecule has 0 unspecified atom stereocenters. The predicted molar refractivity (Wildman–Crippen MR) is 161 cm³/mol. The first kappa shape index (κ1) is 27.7. The van der Waals surface area contributed by atoms with Gasteiger partial charge in [-0.15, -0.1) is 11.7 Å². The van der Waals surface area contributed by atoms with Crippen LogP contribution in [-0.2, 0) is 19.5 Å². The molecule has 0 fully saturated rings.